The number of pyridine rings is 1. The van der Waals surface area contributed by atoms with Crippen molar-refractivity contribution in [3.05, 3.63) is 58.1 Å². The normalized spacial score (nSPS) is 12.2. The first-order valence-corrected chi connectivity index (χ1v) is 6.10. The van der Waals surface area contributed by atoms with Gasteiger partial charge in [-0.2, -0.15) is 0 Å². The van der Waals surface area contributed by atoms with Crippen molar-refractivity contribution in [2.75, 3.05) is 7.11 Å². The smallest absolute Gasteiger partial charge is 0.132 e. The molecule has 0 amide bonds. The molecule has 2 N–H and O–H groups in total. The molecule has 1 aromatic heterocycles. The van der Waals surface area contributed by atoms with Gasteiger partial charge in [0.05, 0.1) is 13.2 Å². The topological polar surface area (TPSA) is 48.1 Å². The Morgan fingerprint density at radius 2 is 2.11 bits per heavy atom. The van der Waals surface area contributed by atoms with Crippen LogP contribution in [0.4, 0.5) is 4.39 Å². The van der Waals surface area contributed by atoms with Crippen LogP contribution in [0.3, 0.4) is 0 Å². The van der Waals surface area contributed by atoms with Crippen LogP contribution < -0.4 is 10.5 Å². The van der Waals surface area contributed by atoms with E-state index in [2.05, 4.69) is 20.9 Å². The molecule has 3 nitrogen and oxygen atoms in total. The summed E-state index contributed by atoms with van der Waals surface area (Å²) in [5.74, 6) is 0.0812. The number of aromatic nitrogens is 1. The van der Waals surface area contributed by atoms with E-state index in [-0.39, 0.29) is 5.82 Å². The monoisotopic (exact) mass is 310 g/mol. The van der Waals surface area contributed by atoms with Crippen molar-refractivity contribution in [3.63, 3.8) is 0 Å². The van der Waals surface area contributed by atoms with E-state index in [1.807, 2.05) is 6.07 Å². The Bertz CT molecular complexity index is 562. The third-order valence-electron chi connectivity index (χ3n) is 2.63. The van der Waals surface area contributed by atoms with Crippen LogP contribution in [-0.4, -0.2) is 12.1 Å². The predicted octanol–water partition coefficient (Wildman–Crippen LogP) is 3.04. The first-order chi connectivity index (χ1) is 8.61. The summed E-state index contributed by atoms with van der Waals surface area (Å²) < 4.78 is 19.6. The largest absolute Gasteiger partial charge is 0.497 e. The van der Waals surface area contributed by atoms with E-state index in [0.29, 0.717) is 11.3 Å². The lowest BCUT2D eigenvalue weighted by Crippen LogP contribution is -2.14. The van der Waals surface area contributed by atoms with E-state index >= 15 is 0 Å². The molecule has 5 heteroatoms. The average Bonchev–Trinajstić information content (AvgIpc) is 2.37. The molecule has 0 spiro atoms. The fourth-order valence-electron chi connectivity index (χ4n) is 1.66. The molecule has 0 saturated carbocycles. The van der Waals surface area contributed by atoms with Crippen molar-refractivity contribution in [1.82, 2.24) is 4.98 Å². The molecule has 1 heterocycles. The highest BCUT2D eigenvalue weighted by Gasteiger charge is 2.14. The van der Waals surface area contributed by atoms with Crippen LogP contribution >= 0.6 is 15.9 Å². The summed E-state index contributed by atoms with van der Waals surface area (Å²) in [6, 6.07) is 5.90. The number of hydrogen-bond donors (Lipinski definition) is 1. The molecule has 1 atom stereocenters. The molecule has 18 heavy (non-hydrogen) atoms. The van der Waals surface area contributed by atoms with Crippen LogP contribution in [0.5, 0.6) is 5.75 Å². The first-order valence-electron chi connectivity index (χ1n) is 5.31. The van der Waals surface area contributed by atoms with Crippen LogP contribution in [0.1, 0.15) is 17.2 Å². The van der Waals surface area contributed by atoms with E-state index in [9.17, 15) is 4.39 Å². The maximum absolute atomic E-state index is 13.9. The molecule has 94 valence electrons. The molecule has 2 aromatic rings. The summed E-state index contributed by atoms with van der Waals surface area (Å²) in [7, 11) is 1.49. The minimum absolute atomic E-state index is 0.387. The van der Waals surface area contributed by atoms with Gasteiger partial charge < -0.3 is 10.5 Å². The number of methoxy groups -OCH3 is 1. The average molecular weight is 311 g/mol. The first kappa shape index (κ1) is 13.0. The summed E-state index contributed by atoms with van der Waals surface area (Å²) in [5, 5.41) is 0. The van der Waals surface area contributed by atoms with Crippen molar-refractivity contribution in [1.29, 1.82) is 0 Å². The summed E-state index contributed by atoms with van der Waals surface area (Å²) >= 11 is 3.31. The zero-order valence-electron chi connectivity index (χ0n) is 9.73. The molecule has 0 aliphatic rings. The summed E-state index contributed by atoms with van der Waals surface area (Å²) in [6.07, 6.45) is 3.28. The van der Waals surface area contributed by atoms with Gasteiger partial charge in [0.15, 0.2) is 0 Å². The lowest BCUT2D eigenvalue weighted by molar-refractivity contribution is 0.410. The number of ether oxygens (including phenoxy) is 1. The van der Waals surface area contributed by atoms with Crippen LogP contribution in [0.15, 0.2) is 41.1 Å². The van der Waals surface area contributed by atoms with Gasteiger partial charge in [0, 0.05) is 28.5 Å². The Labute approximate surface area is 113 Å². The third kappa shape index (κ3) is 2.68. The number of nitrogens with zero attached hydrogens (tertiary/aromatic N) is 1. The van der Waals surface area contributed by atoms with E-state index in [4.69, 9.17) is 10.5 Å². The van der Waals surface area contributed by atoms with E-state index < -0.39 is 6.04 Å². The quantitative estimate of drug-likeness (QED) is 0.948. The highest BCUT2D eigenvalue weighted by Crippen LogP contribution is 2.26. The fourth-order valence-corrected chi connectivity index (χ4v) is 2.05. The maximum atomic E-state index is 13.9. The van der Waals surface area contributed by atoms with Gasteiger partial charge in [-0.25, -0.2) is 4.39 Å². The van der Waals surface area contributed by atoms with Crippen molar-refractivity contribution >= 4 is 15.9 Å². The Morgan fingerprint density at radius 1 is 1.33 bits per heavy atom. The van der Waals surface area contributed by atoms with Crippen LogP contribution in [0.2, 0.25) is 0 Å². The summed E-state index contributed by atoms with van der Waals surface area (Å²) in [5.41, 5.74) is 7.19. The lowest BCUT2D eigenvalue weighted by Gasteiger charge is -2.14. The van der Waals surface area contributed by atoms with Gasteiger partial charge >= 0.3 is 0 Å². The van der Waals surface area contributed by atoms with Crippen molar-refractivity contribution in [2.45, 2.75) is 6.04 Å². The van der Waals surface area contributed by atoms with Gasteiger partial charge in [-0.3, -0.25) is 4.98 Å². The number of nitrogens with two attached hydrogens (primary N) is 1. The molecule has 0 aliphatic carbocycles. The number of rotatable bonds is 3. The molecule has 0 fully saturated rings. The zero-order valence-corrected chi connectivity index (χ0v) is 11.3. The third-order valence-corrected chi connectivity index (χ3v) is 3.06. The Kier molecular flexibility index (Phi) is 3.93. The van der Waals surface area contributed by atoms with Crippen LogP contribution in [0, 0.1) is 5.82 Å². The molecule has 2 rings (SSSR count). The molecule has 1 aromatic carbocycles. The number of halogens is 2. The van der Waals surface area contributed by atoms with Gasteiger partial charge in [-0.15, -0.1) is 0 Å². The second-order valence-electron chi connectivity index (χ2n) is 3.80. The molecule has 0 bridgehead atoms. The van der Waals surface area contributed by atoms with Gasteiger partial charge in [0.2, 0.25) is 0 Å². The summed E-state index contributed by atoms with van der Waals surface area (Å²) in [6.45, 7) is 0. The molecular weight excluding hydrogens is 299 g/mol. The minimum atomic E-state index is -0.555. The molecule has 1 unspecified atom stereocenters. The van der Waals surface area contributed by atoms with Crippen molar-refractivity contribution < 1.29 is 9.13 Å². The Hall–Kier alpha value is -1.46. The second kappa shape index (κ2) is 5.46. The van der Waals surface area contributed by atoms with Crippen LogP contribution in [0.25, 0.3) is 0 Å². The lowest BCUT2D eigenvalue weighted by atomic mass is 10.0. The summed E-state index contributed by atoms with van der Waals surface area (Å²) in [4.78, 5) is 4.02. The molecule has 0 saturated heterocycles. The van der Waals surface area contributed by atoms with Gasteiger partial charge in [0.1, 0.15) is 11.6 Å². The standard InChI is InChI=1S/C13H12BrFN2O/c1-18-10-2-3-11(12(15)5-10)13(16)8-4-9(14)7-17-6-8/h2-7,13H,16H2,1H3. The predicted molar refractivity (Wildman–Crippen MR) is 70.9 cm³/mol. The second-order valence-corrected chi connectivity index (χ2v) is 4.72. The molecular formula is C13H12BrFN2O. The fraction of sp³-hybridized carbons (Fsp3) is 0.154. The van der Waals surface area contributed by atoms with Gasteiger partial charge in [0.25, 0.3) is 0 Å². The van der Waals surface area contributed by atoms with E-state index in [0.717, 1.165) is 10.0 Å². The minimum Gasteiger partial charge on any atom is -0.497 e. The highest BCUT2D eigenvalue weighted by molar-refractivity contribution is 9.10. The highest BCUT2D eigenvalue weighted by atomic mass is 79.9. The Morgan fingerprint density at radius 3 is 2.72 bits per heavy atom. The van der Waals surface area contributed by atoms with Crippen LogP contribution in [-0.2, 0) is 0 Å². The SMILES string of the molecule is COc1ccc(C(N)c2cncc(Br)c2)c(F)c1. The molecule has 0 aliphatic heterocycles. The number of hydrogen-bond acceptors (Lipinski definition) is 3. The van der Waals surface area contributed by atoms with E-state index in [1.54, 1.807) is 24.5 Å². The number of benzene rings is 1. The maximum Gasteiger partial charge on any atom is 0.132 e. The van der Waals surface area contributed by atoms with Crippen molar-refractivity contribution in [3.8, 4) is 5.75 Å². The van der Waals surface area contributed by atoms with E-state index in [1.165, 1.54) is 13.2 Å². The van der Waals surface area contributed by atoms with Gasteiger partial charge in [-0.05, 0) is 33.6 Å². The molecule has 0 radical (unpaired) electrons. The zero-order chi connectivity index (χ0) is 13.1. The Balaban J connectivity index is 2.37. The van der Waals surface area contributed by atoms with Gasteiger partial charge in [-0.1, -0.05) is 6.07 Å². The van der Waals surface area contributed by atoms with Crippen molar-refractivity contribution in [2.24, 2.45) is 5.73 Å².